The molecule has 0 bridgehead atoms. The first-order valence-electron chi connectivity index (χ1n) is 9.21. The van der Waals surface area contributed by atoms with E-state index in [2.05, 4.69) is 4.98 Å². The molecule has 3 rings (SSSR count). The number of methoxy groups -OCH3 is 3. The van der Waals surface area contributed by atoms with Crippen LogP contribution in [0.5, 0.6) is 17.2 Å². The van der Waals surface area contributed by atoms with Crippen LogP contribution in [0.4, 0.5) is 0 Å². The molecule has 1 N–H and O–H groups in total. The second-order valence-electron chi connectivity index (χ2n) is 6.86. The van der Waals surface area contributed by atoms with E-state index in [4.69, 9.17) is 14.2 Å². The van der Waals surface area contributed by atoms with Gasteiger partial charge in [-0.2, -0.15) is 0 Å². The van der Waals surface area contributed by atoms with Crippen molar-refractivity contribution in [3.8, 4) is 17.2 Å². The van der Waals surface area contributed by atoms with E-state index in [9.17, 15) is 9.90 Å². The largest absolute Gasteiger partial charge is 0.493 e. The minimum atomic E-state index is -0.818. The number of aryl methyl sites for hydroxylation is 1. The van der Waals surface area contributed by atoms with Crippen LogP contribution >= 0.6 is 0 Å². The molecule has 0 aliphatic carbocycles. The van der Waals surface area contributed by atoms with E-state index in [-0.39, 0.29) is 6.04 Å². The third-order valence-electron chi connectivity index (χ3n) is 5.13. The number of aliphatic carboxylic acids is 1. The van der Waals surface area contributed by atoms with Gasteiger partial charge >= 0.3 is 5.97 Å². The van der Waals surface area contributed by atoms with E-state index in [0.717, 1.165) is 23.2 Å². The summed E-state index contributed by atoms with van der Waals surface area (Å²) in [6.07, 6.45) is 3.23. The highest BCUT2D eigenvalue weighted by Crippen LogP contribution is 2.43. The standard InChI is InChI=1S/C21H26N2O5/c1-13-7-8-15(22-12-13)19(23-9-5-6-16(23)21(24)25)14-10-17(26-2)20(28-4)18(11-14)27-3/h7-8,10-12,16,19H,5-6,9H2,1-4H3,(H,24,25). The molecule has 28 heavy (non-hydrogen) atoms. The Labute approximate surface area is 164 Å². The number of rotatable bonds is 7. The first-order valence-corrected chi connectivity index (χ1v) is 9.21. The summed E-state index contributed by atoms with van der Waals surface area (Å²) in [5.74, 6) is 0.739. The highest BCUT2D eigenvalue weighted by atomic mass is 16.5. The molecule has 1 aromatic heterocycles. The second-order valence-corrected chi connectivity index (χ2v) is 6.86. The summed E-state index contributed by atoms with van der Waals surface area (Å²) in [5.41, 5.74) is 2.68. The number of hydrogen-bond acceptors (Lipinski definition) is 6. The van der Waals surface area contributed by atoms with E-state index in [1.807, 2.05) is 36.1 Å². The van der Waals surface area contributed by atoms with Crippen LogP contribution in [0.1, 0.15) is 35.7 Å². The summed E-state index contributed by atoms with van der Waals surface area (Å²) in [7, 11) is 4.69. The van der Waals surface area contributed by atoms with Crippen LogP contribution in [-0.2, 0) is 4.79 Å². The monoisotopic (exact) mass is 386 g/mol. The van der Waals surface area contributed by atoms with E-state index in [1.165, 1.54) is 0 Å². The zero-order valence-electron chi connectivity index (χ0n) is 16.6. The van der Waals surface area contributed by atoms with Crippen molar-refractivity contribution in [1.82, 2.24) is 9.88 Å². The molecule has 2 unspecified atom stereocenters. The van der Waals surface area contributed by atoms with Crippen LogP contribution in [0.25, 0.3) is 0 Å². The summed E-state index contributed by atoms with van der Waals surface area (Å²) in [6.45, 7) is 2.65. The van der Waals surface area contributed by atoms with Crippen molar-refractivity contribution >= 4 is 5.97 Å². The lowest BCUT2D eigenvalue weighted by molar-refractivity contribution is -0.142. The third kappa shape index (κ3) is 3.75. The molecule has 1 aliphatic heterocycles. The summed E-state index contributed by atoms with van der Waals surface area (Å²) in [6, 6.07) is 6.76. The van der Waals surface area contributed by atoms with Crippen molar-refractivity contribution in [3.05, 3.63) is 47.3 Å². The Morgan fingerprint density at radius 1 is 1.18 bits per heavy atom. The lowest BCUT2D eigenvalue weighted by Crippen LogP contribution is -2.39. The number of aromatic nitrogens is 1. The molecule has 7 heteroatoms. The minimum Gasteiger partial charge on any atom is -0.493 e. The number of benzene rings is 1. The van der Waals surface area contributed by atoms with Gasteiger partial charge in [0, 0.05) is 12.7 Å². The predicted octanol–water partition coefficient (Wildman–Crippen LogP) is 3.05. The smallest absolute Gasteiger partial charge is 0.320 e. The molecule has 2 heterocycles. The fourth-order valence-electron chi connectivity index (χ4n) is 3.80. The maximum atomic E-state index is 11.8. The van der Waals surface area contributed by atoms with Gasteiger partial charge in [-0.3, -0.25) is 14.7 Å². The van der Waals surface area contributed by atoms with Crippen molar-refractivity contribution < 1.29 is 24.1 Å². The van der Waals surface area contributed by atoms with Crippen molar-refractivity contribution in [3.63, 3.8) is 0 Å². The van der Waals surface area contributed by atoms with Crippen molar-refractivity contribution in [2.24, 2.45) is 0 Å². The Kier molecular flexibility index (Phi) is 6.04. The Balaban J connectivity index is 2.16. The van der Waals surface area contributed by atoms with Crippen LogP contribution in [0, 0.1) is 6.92 Å². The molecule has 1 fully saturated rings. The van der Waals surface area contributed by atoms with Gasteiger partial charge in [0.15, 0.2) is 11.5 Å². The quantitative estimate of drug-likeness (QED) is 0.783. The summed E-state index contributed by atoms with van der Waals surface area (Å²) in [5, 5.41) is 9.72. The van der Waals surface area contributed by atoms with Gasteiger partial charge in [-0.15, -0.1) is 0 Å². The van der Waals surface area contributed by atoms with Gasteiger partial charge in [0.05, 0.1) is 33.1 Å². The van der Waals surface area contributed by atoms with Crippen molar-refractivity contribution in [1.29, 1.82) is 0 Å². The number of pyridine rings is 1. The summed E-state index contributed by atoms with van der Waals surface area (Å²) < 4.78 is 16.4. The number of hydrogen-bond donors (Lipinski definition) is 1. The average molecular weight is 386 g/mol. The Bertz CT molecular complexity index is 812. The van der Waals surface area contributed by atoms with E-state index in [1.54, 1.807) is 27.5 Å². The molecule has 150 valence electrons. The zero-order chi connectivity index (χ0) is 20.3. The van der Waals surface area contributed by atoms with Crippen LogP contribution in [0.2, 0.25) is 0 Å². The second kappa shape index (κ2) is 8.48. The van der Waals surface area contributed by atoms with Crippen LogP contribution < -0.4 is 14.2 Å². The maximum Gasteiger partial charge on any atom is 0.320 e. The molecule has 0 amide bonds. The topological polar surface area (TPSA) is 81.1 Å². The fraction of sp³-hybridized carbons (Fsp3) is 0.429. The molecule has 2 atom stereocenters. The number of ether oxygens (including phenoxy) is 3. The molecule has 1 saturated heterocycles. The van der Waals surface area contributed by atoms with Gasteiger partial charge in [-0.25, -0.2) is 0 Å². The Morgan fingerprint density at radius 3 is 2.36 bits per heavy atom. The zero-order valence-corrected chi connectivity index (χ0v) is 16.6. The third-order valence-corrected chi connectivity index (χ3v) is 5.13. The number of carbonyl (C=O) groups is 1. The highest BCUT2D eigenvalue weighted by Gasteiger charge is 2.38. The number of nitrogens with zero attached hydrogens (tertiary/aromatic N) is 2. The van der Waals surface area contributed by atoms with Gasteiger partial charge in [0.1, 0.15) is 6.04 Å². The molecule has 0 saturated carbocycles. The first-order chi connectivity index (χ1) is 13.5. The van der Waals surface area contributed by atoms with Crippen molar-refractivity contribution in [2.45, 2.75) is 31.8 Å². The molecule has 7 nitrogen and oxygen atoms in total. The molecule has 0 radical (unpaired) electrons. The van der Waals surface area contributed by atoms with E-state index in [0.29, 0.717) is 30.2 Å². The maximum absolute atomic E-state index is 11.8. The molecule has 1 aromatic carbocycles. The van der Waals surface area contributed by atoms with E-state index < -0.39 is 12.0 Å². The number of likely N-dealkylation sites (tertiary alicyclic amines) is 1. The van der Waals surface area contributed by atoms with Crippen LogP contribution in [-0.4, -0.2) is 54.9 Å². The lowest BCUT2D eigenvalue weighted by atomic mass is 9.98. The van der Waals surface area contributed by atoms with Gasteiger partial charge in [0.25, 0.3) is 0 Å². The number of carboxylic acids is 1. The molecular weight excluding hydrogens is 360 g/mol. The highest BCUT2D eigenvalue weighted by molar-refractivity contribution is 5.74. The lowest BCUT2D eigenvalue weighted by Gasteiger charge is -2.32. The SMILES string of the molecule is COc1cc(C(c2ccc(C)cn2)N2CCCC2C(=O)O)cc(OC)c1OC. The Morgan fingerprint density at radius 2 is 1.86 bits per heavy atom. The average Bonchev–Trinajstić information content (AvgIpc) is 3.18. The fourth-order valence-corrected chi connectivity index (χ4v) is 3.80. The van der Waals surface area contributed by atoms with Gasteiger partial charge in [0.2, 0.25) is 5.75 Å². The first kappa shape index (κ1) is 19.9. The summed E-state index contributed by atoms with van der Waals surface area (Å²) >= 11 is 0. The van der Waals surface area contributed by atoms with Crippen molar-refractivity contribution in [2.75, 3.05) is 27.9 Å². The van der Waals surface area contributed by atoms with Gasteiger partial charge < -0.3 is 19.3 Å². The van der Waals surface area contributed by atoms with Gasteiger partial charge in [-0.1, -0.05) is 6.07 Å². The molecule has 1 aliphatic rings. The minimum absolute atomic E-state index is 0.335. The van der Waals surface area contributed by atoms with E-state index >= 15 is 0 Å². The molecule has 0 spiro atoms. The summed E-state index contributed by atoms with van der Waals surface area (Å²) in [4.78, 5) is 18.4. The van der Waals surface area contributed by atoms with Crippen LogP contribution in [0.15, 0.2) is 30.5 Å². The predicted molar refractivity (Wildman–Crippen MR) is 104 cm³/mol. The number of carboxylic acid groups (broad SMARTS) is 1. The van der Waals surface area contributed by atoms with Gasteiger partial charge in [-0.05, 0) is 49.1 Å². The molecular formula is C21H26N2O5. The normalized spacial score (nSPS) is 17.9. The molecule has 2 aromatic rings. The Hall–Kier alpha value is -2.80. The van der Waals surface area contributed by atoms with Crippen LogP contribution in [0.3, 0.4) is 0 Å².